The Morgan fingerprint density at radius 1 is 1.08 bits per heavy atom. The number of anilines is 1. The van der Waals surface area contributed by atoms with Gasteiger partial charge in [0.25, 0.3) is 0 Å². The molecular weight excluding hydrogens is 318 g/mol. The van der Waals surface area contributed by atoms with E-state index in [0.717, 1.165) is 22.5 Å². The van der Waals surface area contributed by atoms with E-state index in [0.29, 0.717) is 11.5 Å². The molecule has 3 aromatic rings. The number of carbonyl (C=O) groups excluding carboxylic acids is 1. The average Bonchev–Trinajstić information content (AvgIpc) is 3.16. The number of carbonyl (C=O) groups is 1. The van der Waals surface area contributed by atoms with Crippen LogP contribution in [0.3, 0.4) is 0 Å². The zero-order chi connectivity index (χ0) is 17.6. The highest BCUT2D eigenvalue weighted by molar-refractivity contribution is 5.93. The average molecular weight is 337 g/mol. The predicted molar refractivity (Wildman–Crippen MR) is 95.9 cm³/mol. The smallest absolute Gasteiger partial charge is 0.228 e. The summed E-state index contributed by atoms with van der Waals surface area (Å²) in [5.41, 5.74) is 3.44. The molecule has 0 saturated heterocycles. The summed E-state index contributed by atoms with van der Waals surface area (Å²) in [4.78, 5) is 12.3. The Balaban J connectivity index is 1.70. The summed E-state index contributed by atoms with van der Waals surface area (Å²) >= 11 is 0. The summed E-state index contributed by atoms with van der Waals surface area (Å²) < 4.78 is 10.5. The number of rotatable bonds is 6. The van der Waals surface area contributed by atoms with Gasteiger partial charge < -0.3 is 14.8 Å². The fourth-order valence-corrected chi connectivity index (χ4v) is 2.56. The van der Waals surface area contributed by atoms with Crippen LogP contribution in [0.5, 0.6) is 11.5 Å². The molecular formula is C19H19N3O3. The van der Waals surface area contributed by atoms with E-state index >= 15 is 0 Å². The number of hydrogen-bond donors (Lipinski definition) is 2. The number of amides is 1. The van der Waals surface area contributed by atoms with Crippen molar-refractivity contribution in [3.05, 3.63) is 60.3 Å². The van der Waals surface area contributed by atoms with Gasteiger partial charge in [0.15, 0.2) is 11.5 Å². The third-order valence-electron chi connectivity index (χ3n) is 3.77. The van der Waals surface area contributed by atoms with Crippen molar-refractivity contribution < 1.29 is 14.3 Å². The minimum Gasteiger partial charge on any atom is -0.493 e. The van der Waals surface area contributed by atoms with E-state index in [4.69, 9.17) is 9.47 Å². The number of aromatic nitrogens is 2. The molecule has 0 atom stereocenters. The van der Waals surface area contributed by atoms with Crippen LogP contribution < -0.4 is 14.8 Å². The molecule has 0 saturated carbocycles. The summed E-state index contributed by atoms with van der Waals surface area (Å²) in [6.45, 7) is 0. The highest BCUT2D eigenvalue weighted by atomic mass is 16.5. The molecule has 6 heteroatoms. The van der Waals surface area contributed by atoms with Crippen molar-refractivity contribution in [1.82, 2.24) is 10.2 Å². The molecule has 128 valence electrons. The zero-order valence-electron chi connectivity index (χ0n) is 14.1. The minimum absolute atomic E-state index is 0.103. The Labute approximate surface area is 145 Å². The topological polar surface area (TPSA) is 76.2 Å². The van der Waals surface area contributed by atoms with Gasteiger partial charge in [-0.25, -0.2) is 0 Å². The summed E-state index contributed by atoms with van der Waals surface area (Å²) in [6, 6.07) is 14.9. The second-order valence-electron chi connectivity index (χ2n) is 5.47. The van der Waals surface area contributed by atoms with E-state index in [1.54, 1.807) is 32.5 Å². The molecule has 0 aliphatic rings. The lowest BCUT2D eigenvalue weighted by Gasteiger charge is -2.10. The zero-order valence-corrected chi connectivity index (χ0v) is 14.1. The second kappa shape index (κ2) is 7.53. The molecule has 1 aromatic heterocycles. The quantitative estimate of drug-likeness (QED) is 0.724. The highest BCUT2D eigenvalue weighted by Crippen LogP contribution is 2.28. The molecule has 0 fully saturated rings. The molecule has 0 bridgehead atoms. The van der Waals surface area contributed by atoms with Crippen LogP contribution in [0.25, 0.3) is 11.3 Å². The van der Waals surface area contributed by atoms with Gasteiger partial charge in [-0.3, -0.25) is 9.89 Å². The largest absolute Gasteiger partial charge is 0.493 e. The van der Waals surface area contributed by atoms with Crippen LogP contribution in [0.1, 0.15) is 5.56 Å². The lowest BCUT2D eigenvalue weighted by atomic mass is 10.1. The van der Waals surface area contributed by atoms with Crippen molar-refractivity contribution in [3.8, 4) is 22.8 Å². The SMILES string of the molecule is COc1ccc(CC(=O)Nc2cccc(-c3ccn[nH]3)c2)cc1OC. The Bertz CT molecular complexity index is 860. The molecule has 3 rings (SSSR count). The Morgan fingerprint density at radius 2 is 1.92 bits per heavy atom. The monoisotopic (exact) mass is 337 g/mol. The Hall–Kier alpha value is -3.28. The normalized spacial score (nSPS) is 10.3. The number of hydrogen-bond acceptors (Lipinski definition) is 4. The molecule has 1 heterocycles. The molecule has 2 N–H and O–H groups in total. The third-order valence-corrected chi connectivity index (χ3v) is 3.77. The van der Waals surface area contributed by atoms with E-state index in [9.17, 15) is 4.79 Å². The molecule has 0 radical (unpaired) electrons. The van der Waals surface area contributed by atoms with Crippen molar-refractivity contribution in [1.29, 1.82) is 0 Å². The van der Waals surface area contributed by atoms with E-state index in [1.165, 1.54) is 0 Å². The van der Waals surface area contributed by atoms with Gasteiger partial charge >= 0.3 is 0 Å². The fraction of sp³-hybridized carbons (Fsp3) is 0.158. The summed E-state index contributed by atoms with van der Waals surface area (Å²) in [7, 11) is 3.15. The Kier molecular flexibility index (Phi) is 4.99. The molecule has 0 aliphatic heterocycles. The van der Waals surface area contributed by atoms with Crippen molar-refractivity contribution in [2.75, 3.05) is 19.5 Å². The molecule has 2 aromatic carbocycles. The van der Waals surface area contributed by atoms with Crippen LogP contribution in [0.15, 0.2) is 54.7 Å². The van der Waals surface area contributed by atoms with E-state index in [2.05, 4.69) is 15.5 Å². The molecule has 0 unspecified atom stereocenters. The molecule has 0 aliphatic carbocycles. The minimum atomic E-state index is -0.103. The van der Waals surface area contributed by atoms with Crippen LogP contribution in [0, 0.1) is 0 Å². The van der Waals surface area contributed by atoms with Gasteiger partial charge in [0.2, 0.25) is 5.91 Å². The first-order chi connectivity index (χ1) is 12.2. The number of aromatic amines is 1. The highest BCUT2D eigenvalue weighted by Gasteiger charge is 2.09. The molecule has 25 heavy (non-hydrogen) atoms. The van der Waals surface area contributed by atoms with Crippen LogP contribution >= 0.6 is 0 Å². The summed E-state index contributed by atoms with van der Waals surface area (Å²) in [5, 5.41) is 9.76. The first-order valence-electron chi connectivity index (χ1n) is 7.80. The van der Waals surface area contributed by atoms with Crippen molar-refractivity contribution >= 4 is 11.6 Å². The van der Waals surface area contributed by atoms with Gasteiger partial charge in [-0.05, 0) is 35.9 Å². The number of methoxy groups -OCH3 is 2. The maximum absolute atomic E-state index is 12.3. The third kappa shape index (κ3) is 3.98. The first-order valence-corrected chi connectivity index (χ1v) is 7.80. The van der Waals surface area contributed by atoms with Gasteiger partial charge in [0, 0.05) is 17.4 Å². The van der Waals surface area contributed by atoms with Crippen molar-refractivity contribution in [3.63, 3.8) is 0 Å². The van der Waals surface area contributed by atoms with Gasteiger partial charge in [0.1, 0.15) is 0 Å². The first kappa shape index (κ1) is 16.6. The van der Waals surface area contributed by atoms with Gasteiger partial charge in [0.05, 0.1) is 26.3 Å². The standard InChI is InChI=1S/C19H19N3O3/c1-24-17-7-6-13(10-18(17)25-2)11-19(23)21-15-5-3-4-14(12-15)16-8-9-20-22-16/h3-10,12H,11H2,1-2H3,(H,20,22)(H,21,23). The lowest BCUT2D eigenvalue weighted by Crippen LogP contribution is -2.14. The summed E-state index contributed by atoms with van der Waals surface area (Å²) in [6.07, 6.45) is 1.94. The second-order valence-corrected chi connectivity index (χ2v) is 5.47. The van der Waals surface area contributed by atoms with Crippen LogP contribution in [0.2, 0.25) is 0 Å². The summed E-state index contributed by atoms with van der Waals surface area (Å²) in [5.74, 6) is 1.14. The number of ether oxygens (including phenoxy) is 2. The van der Waals surface area contributed by atoms with E-state index in [-0.39, 0.29) is 12.3 Å². The van der Waals surface area contributed by atoms with Gasteiger partial charge in [-0.1, -0.05) is 18.2 Å². The van der Waals surface area contributed by atoms with Gasteiger partial charge in [-0.2, -0.15) is 5.10 Å². The Morgan fingerprint density at radius 3 is 2.64 bits per heavy atom. The van der Waals surface area contributed by atoms with Crippen LogP contribution in [0.4, 0.5) is 5.69 Å². The number of benzene rings is 2. The van der Waals surface area contributed by atoms with Crippen LogP contribution in [-0.4, -0.2) is 30.3 Å². The van der Waals surface area contributed by atoms with Gasteiger partial charge in [-0.15, -0.1) is 0 Å². The predicted octanol–water partition coefficient (Wildman–Crippen LogP) is 3.28. The fourth-order valence-electron chi connectivity index (χ4n) is 2.56. The van der Waals surface area contributed by atoms with Crippen molar-refractivity contribution in [2.24, 2.45) is 0 Å². The molecule has 6 nitrogen and oxygen atoms in total. The maximum Gasteiger partial charge on any atom is 0.228 e. The van der Waals surface area contributed by atoms with E-state index < -0.39 is 0 Å². The molecule has 0 spiro atoms. The van der Waals surface area contributed by atoms with Crippen molar-refractivity contribution in [2.45, 2.75) is 6.42 Å². The van der Waals surface area contributed by atoms with Crippen LogP contribution in [-0.2, 0) is 11.2 Å². The van der Waals surface area contributed by atoms with E-state index in [1.807, 2.05) is 36.4 Å². The number of nitrogens with one attached hydrogen (secondary N) is 2. The molecule has 1 amide bonds. The maximum atomic E-state index is 12.3. The number of nitrogens with zero attached hydrogens (tertiary/aromatic N) is 1. The number of H-pyrrole nitrogens is 1. The lowest BCUT2D eigenvalue weighted by molar-refractivity contribution is -0.115.